The van der Waals surface area contributed by atoms with Crippen LogP contribution >= 0.6 is 0 Å². The first-order chi connectivity index (χ1) is 12.8. The quantitative estimate of drug-likeness (QED) is 0.592. The van der Waals surface area contributed by atoms with E-state index in [1.165, 1.54) is 12.1 Å². The van der Waals surface area contributed by atoms with Crippen LogP contribution in [0.2, 0.25) is 0 Å². The number of carbonyl (C=O) groups excluding carboxylic acids is 1. The van der Waals surface area contributed by atoms with Crippen LogP contribution in [-0.4, -0.2) is 10.4 Å². The Morgan fingerprint density at radius 3 is 2.26 bits per heavy atom. The number of carbonyl (C=O) groups is 1. The van der Waals surface area contributed by atoms with Gasteiger partial charge in [-0.15, -0.1) is 0 Å². The molecule has 0 saturated carbocycles. The lowest BCUT2D eigenvalue weighted by Crippen LogP contribution is -2.13. The molecule has 0 unspecified atom stereocenters. The molecule has 0 fully saturated rings. The smallest absolute Gasteiger partial charge is 0.336 e. The second-order valence-electron chi connectivity index (χ2n) is 6.11. The third-order valence-corrected chi connectivity index (χ3v) is 4.31. The van der Waals surface area contributed by atoms with Crippen molar-refractivity contribution in [1.82, 2.24) is 4.57 Å². The topological polar surface area (TPSA) is 45.8 Å². The fourth-order valence-corrected chi connectivity index (χ4v) is 2.95. The summed E-state index contributed by atoms with van der Waals surface area (Å²) in [5, 5.41) is 9.42. The minimum atomic E-state index is -4.43. The first-order valence-electron chi connectivity index (χ1n) is 8.17. The van der Waals surface area contributed by atoms with Gasteiger partial charge in [0.15, 0.2) is 5.78 Å². The van der Waals surface area contributed by atoms with Crippen LogP contribution in [0.1, 0.15) is 27.2 Å². The van der Waals surface area contributed by atoms with Gasteiger partial charge in [-0.25, -0.2) is 0 Å². The number of alkyl halides is 3. The third-order valence-electron chi connectivity index (χ3n) is 4.31. The van der Waals surface area contributed by atoms with Crippen LogP contribution in [0.4, 0.5) is 13.2 Å². The van der Waals surface area contributed by atoms with Gasteiger partial charge in [0, 0.05) is 11.3 Å². The SMILES string of the molecule is Cc1cc(C#N)c(-c2ccc(C(F)(F)F)cc2)n1CC(=O)c1ccccc1. The molecule has 27 heavy (non-hydrogen) atoms. The van der Waals surface area contributed by atoms with Crippen molar-refractivity contribution in [3.05, 3.63) is 83.0 Å². The molecule has 1 heterocycles. The van der Waals surface area contributed by atoms with Crippen molar-refractivity contribution in [3.8, 4) is 17.3 Å². The number of nitriles is 1. The molecule has 3 aromatic rings. The molecule has 6 heteroatoms. The van der Waals surface area contributed by atoms with Crippen LogP contribution < -0.4 is 0 Å². The van der Waals surface area contributed by atoms with Gasteiger partial charge in [0.2, 0.25) is 0 Å². The number of hydrogen-bond acceptors (Lipinski definition) is 2. The predicted octanol–water partition coefficient (Wildman–Crippen LogP) is 5.24. The second-order valence-corrected chi connectivity index (χ2v) is 6.11. The summed E-state index contributed by atoms with van der Waals surface area (Å²) in [6, 6.07) is 17.0. The number of benzene rings is 2. The summed E-state index contributed by atoms with van der Waals surface area (Å²) in [4.78, 5) is 12.6. The zero-order valence-corrected chi connectivity index (χ0v) is 14.4. The molecular formula is C21H15F3N2O. The van der Waals surface area contributed by atoms with E-state index < -0.39 is 11.7 Å². The zero-order chi connectivity index (χ0) is 19.6. The molecule has 1 aromatic heterocycles. The largest absolute Gasteiger partial charge is 0.416 e. The highest BCUT2D eigenvalue weighted by atomic mass is 19.4. The maximum absolute atomic E-state index is 12.8. The molecule has 0 amide bonds. The van der Waals surface area contributed by atoms with Gasteiger partial charge in [0.25, 0.3) is 0 Å². The first-order valence-corrected chi connectivity index (χ1v) is 8.17. The van der Waals surface area contributed by atoms with Gasteiger partial charge in [-0.3, -0.25) is 4.79 Å². The number of ketones is 1. The lowest BCUT2D eigenvalue weighted by atomic mass is 10.1. The van der Waals surface area contributed by atoms with Gasteiger partial charge < -0.3 is 4.57 Å². The highest BCUT2D eigenvalue weighted by Crippen LogP contribution is 2.33. The molecule has 2 aromatic carbocycles. The minimum absolute atomic E-state index is 0.00607. The van der Waals surface area contributed by atoms with E-state index in [-0.39, 0.29) is 12.3 Å². The Kier molecular flexibility index (Phi) is 4.87. The molecule has 0 N–H and O–H groups in total. The fraction of sp³-hybridized carbons (Fsp3) is 0.143. The van der Waals surface area contributed by atoms with Crippen LogP contribution in [0.3, 0.4) is 0 Å². The van der Waals surface area contributed by atoms with E-state index in [1.54, 1.807) is 47.9 Å². The van der Waals surface area contributed by atoms with E-state index in [2.05, 4.69) is 6.07 Å². The van der Waals surface area contributed by atoms with Crippen molar-refractivity contribution < 1.29 is 18.0 Å². The Morgan fingerprint density at radius 2 is 1.70 bits per heavy atom. The summed E-state index contributed by atoms with van der Waals surface area (Å²) in [6.45, 7) is 1.75. The summed E-state index contributed by atoms with van der Waals surface area (Å²) >= 11 is 0. The normalized spacial score (nSPS) is 11.2. The molecule has 0 spiro atoms. The van der Waals surface area contributed by atoms with Gasteiger partial charge in [-0.1, -0.05) is 42.5 Å². The standard InChI is InChI=1S/C21H15F3N2O/c1-14-11-17(12-25)20(16-7-9-18(10-8-16)21(22,23)24)26(14)13-19(27)15-5-3-2-4-6-15/h2-11H,13H2,1H3. The van der Waals surface area contributed by atoms with Crippen molar-refractivity contribution in [2.24, 2.45) is 0 Å². The molecule has 3 nitrogen and oxygen atoms in total. The number of aromatic nitrogens is 1. The Labute approximate surface area is 154 Å². The summed E-state index contributed by atoms with van der Waals surface area (Å²) in [5.74, 6) is -0.146. The number of hydrogen-bond donors (Lipinski definition) is 0. The predicted molar refractivity (Wildman–Crippen MR) is 95.1 cm³/mol. The molecule has 0 aliphatic heterocycles. The van der Waals surface area contributed by atoms with E-state index >= 15 is 0 Å². The number of nitrogens with zero attached hydrogens (tertiary/aromatic N) is 2. The maximum Gasteiger partial charge on any atom is 0.416 e. The molecule has 0 saturated heterocycles. The summed E-state index contributed by atoms with van der Waals surface area (Å²) in [7, 11) is 0. The van der Waals surface area contributed by atoms with Crippen LogP contribution in [0.25, 0.3) is 11.3 Å². The highest BCUT2D eigenvalue weighted by Gasteiger charge is 2.30. The fourth-order valence-electron chi connectivity index (χ4n) is 2.95. The molecule has 136 valence electrons. The van der Waals surface area contributed by atoms with Gasteiger partial charge in [-0.2, -0.15) is 18.4 Å². The Bertz CT molecular complexity index is 1010. The van der Waals surface area contributed by atoms with E-state index in [1.807, 2.05) is 0 Å². The van der Waals surface area contributed by atoms with E-state index in [9.17, 15) is 23.2 Å². The van der Waals surface area contributed by atoms with Crippen LogP contribution in [0, 0.1) is 18.3 Å². The number of aryl methyl sites for hydroxylation is 1. The summed E-state index contributed by atoms with van der Waals surface area (Å²) in [5.41, 5.74) is 1.66. The first kappa shape index (κ1) is 18.5. The van der Waals surface area contributed by atoms with Crippen LogP contribution in [-0.2, 0) is 12.7 Å². The van der Waals surface area contributed by atoms with E-state index in [4.69, 9.17) is 0 Å². The van der Waals surface area contributed by atoms with Crippen molar-refractivity contribution in [2.75, 3.05) is 0 Å². The third kappa shape index (κ3) is 3.77. The van der Waals surface area contributed by atoms with Crippen LogP contribution in [0.15, 0.2) is 60.7 Å². The lowest BCUT2D eigenvalue weighted by Gasteiger charge is -2.13. The molecule has 0 radical (unpaired) electrons. The monoisotopic (exact) mass is 368 g/mol. The molecule has 3 rings (SSSR count). The number of halogens is 3. The number of rotatable bonds is 4. The minimum Gasteiger partial charge on any atom is -0.336 e. The Balaban J connectivity index is 2.03. The van der Waals surface area contributed by atoms with Crippen LogP contribution in [0.5, 0.6) is 0 Å². The van der Waals surface area contributed by atoms with Crippen molar-refractivity contribution in [2.45, 2.75) is 19.6 Å². The van der Waals surface area contributed by atoms with Crippen molar-refractivity contribution in [1.29, 1.82) is 5.26 Å². The molecular weight excluding hydrogens is 353 g/mol. The Morgan fingerprint density at radius 1 is 1.07 bits per heavy atom. The maximum atomic E-state index is 12.8. The molecule has 0 bridgehead atoms. The molecule has 0 atom stereocenters. The lowest BCUT2D eigenvalue weighted by molar-refractivity contribution is -0.137. The van der Waals surface area contributed by atoms with Crippen molar-refractivity contribution in [3.63, 3.8) is 0 Å². The average molecular weight is 368 g/mol. The average Bonchev–Trinajstić information content (AvgIpc) is 2.97. The van der Waals surface area contributed by atoms with Gasteiger partial charge in [-0.05, 0) is 30.7 Å². The van der Waals surface area contributed by atoms with Gasteiger partial charge in [0.1, 0.15) is 6.07 Å². The van der Waals surface area contributed by atoms with E-state index in [0.29, 0.717) is 28.1 Å². The summed E-state index contributed by atoms with van der Waals surface area (Å²) in [6.07, 6.45) is -4.43. The zero-order valence-electron chi connectivity index (χ0n) is 14.4. The second kappa shape index (κ2) is 7.12. The molecule has 0 aliphatic carbocycles. The van der Waals surface area contributed by atoms with Gasteiger partial charge in [0.05, 0.1) is 23.4 Å². The summed E-state index contributed by atoms with van der Waals surface area (Å²) < 4.78 is 40.1. The van der Waals surface area contributed by atoms with E-state index in [0.717, 1.165) is 12.1 Å². The Hall–Kier alpha value is -3.33. The highest BCUT2D eigenvalue weighted by molar-refractivity contribution is 5.96. The molecule has 0 aliphatic rings. The van der Waals surface area contributed by atoms with Crippen molar-refractivity contribution >= 4 is 5.78 Å². The van der Waals surface area contributed by atoms with Gasteiger partial charge >= 0.3 is 6.18 Å². The number of Topliss-reactive ketones (excluding diaryl/α,β-unsaturated/α-hetero) is 1.